The van der Waals surface area contributed by atoms with Crippen LogP contribution in [0, 0.1) is 0 Å². The summed E-state index contributed by atoms with van der Waals surface area (Å²) in [5.74, 6) is -1.15. The summed E-state index contributed by atoms with van der Waals surface area (Å²) in [5, 5.41) is 11.9. The van der Waals surface area contributed by atoms with E-state index in [-0.39, 0.29) is 13.2 Å². The van der Waals surface area contributed by atoms with Crippen molar-refractivity contribution in [2.75, 3.05) is 6.61 Å². The van der Waals surface area contributed by atoms with Gasteiger partial charge in [0.25, 0.3) is 0 Å². The number of carbonyl (C=O) groups is 2. The number of carboxylic acids is 1. The number of carbonyl (C=O) groups excluding carboxylic acids is 1. The topological polar surface area (TPSA) is 103 Å². The fourth-order valence-electron chi connectivity index (χ4n) is 2.08. The Labute approximate surface area is 169 Å². The summed E-state index contributed by atoms with van der Waals surface area (Å²) in [6, 6.07) is -0.107. The van der Waals surface area contributed by atoms with Gasteiger partial charge in [-0.2, -0.15) is 0 Å². The van der Waals surface area contributed by atoms with E-state index >= 15 is 0 Å². The van der Waals surface area contributed by atoms with Crippen molar-refractivity contribution in [1.29, 1.82) is 0 Å². The highest BCUT2D eigenvalue weighted by molar-refractivity contribution is 9.10. The number of hydrogen-bond acceptors (Lipinski definition) is 5. The van der Waals surface area contributed by atoms with Crippen LogP contribution in [0.4, 0.5) is 4.79 Å². The SMILES string of the molecule is CC(C)(C)OC(=O)N[C@@H](Cc1c(Br)ncn1COCC[Si](C)(C)C)C(=O)O. The highest BCUT2D eigenvalue weighted by atomic mass is 79.9. The number of aliphatic carboxylic acids is 1. The maximum Gasteiger partial charge on any atom is 0.408 e. The highest BCUT2D eigenvalue weighted by Crippen LogP contribution is 2.18. The number of amides is 1. The van der Waals surface area contributed by atoms with Gasteiger partial charge < -0.3 is 24.5 Å². The average Bonchev–Trinajstić information content (AvgIpc) is 2.80. The number of alkyl carbamates (subject to hydrolysis) is 1. The number of halogens is 1. The maximum absolute atomic E-state index is 11.9. The van der Waals surface area contributed by atoms with Gasteiger partial charge in [-0.25, -0.2) is 14.6 Å². The first-order valence-corrected chi connectivity index (χ1v) is 13.3. The third-order valence-electron chi connectivity index (χ3n) is 3.51. The van der Waals surface area contributed by atoms with Crippen molar-refractivity contribution in [3.8, 4) is 0 Å². The molecule has 0 aliphatic carbocycles. The smallest absolute Gasteiger partial charge is 0.408 e. The van der Waals surface area contributed by atoms with Gasteiger partial charge in [0.2, 0.25) is 0 Å². The zero-order valence-electron chi connectivity index (χ0n) is 16.8. The first kappa shape index (κ1) is 23.6. The van der Waals surface area contributed by atoms with Crippen molar-refractivity contribution in [2.24, 2.45) is 0 Å². The Balaban J connectivity index is 2.75. The molecule has 0 fully saturated rings. The maximum atomic E-state index is 11.9. The van der Waals surface area contributed by atoms with Crippen molar-refractivity contribution in [3.05, 3.63) is 16.6 Å². The summed E-state index contributed by atoms with van der Waals surface area (Å²) in [5.41, 5.74) is -0.0776. The molecule has 2 N–H and O–H groups in total. The van der Waals surface area contributed by atoms with E-state index in [0.29, 0.717) is 16.9 Å². The molecule has 0 aliphatic heterocycles. The number of nitrogens with zero attached hydrogens (tertiary/aromatic N) is 2. The zero-order valence-corrected chi connectivity index (χ0v) is 19.4. The Morgan fingerprint density at radius 3 is 2.52 bits per heavy atom. The molecule has 0 saturated heterocycles. The van der Waals surface area contributed by atoms with Crippen molar-refractivity contribution < 1.29 is 24.2 Å². The van der Waals surface area contributed by atoms with Crippen LogP contribution in [0.3, 0.4) is 0 Å². The molecule has 0 aromatic carbocycles. The predicted molar refractivity (Wildman–Crippen MR) is 109 cm³/mol. The second-order valence-electron chi connectivity index (χ2n) is 8.54. The third kappa shape index (κ3) is 9.38. The number of ether oxygens (including phenoxy) is 2. The van der Waals surface area contributed by atoms with E-state index in [9.17, 15) is 14.7 Å². The van der Waals surface area contributed by atoms with Crippen LogP contribution >= 0.6 is 15.9 Å². The minimum absolute atomic E-state index is 0.0482. The average molecular weight is 464 g/mol. The summed E-state index contributed by atoms with van der Waals surface area (Å²) in [7, 11) is -1.18. The number of nitrogens with one attached hydrogen (secondary N) is 1. The third-order valence-corrected chi connectivity index (χ3v) is 5.88. The molecule has 1 amide bonds. The van der Waals surface area contributed by atoms with Gasteiger partial charge >= 0.3 is 12.1 Å². The number of aromatic nitrogens is 2. The Morgan fingerprint density at radius 1 is 1.37 bits per heavy atom. The first-order chi connectivity index (χ1) is 12.3. The molecule has 0 aliphatic rings. The Morgan fingerprint density at radius 2 is 2.00 bits per heavy atom. The molecule has 0 saturated carbocycles. The van der Waals surface area contributed by atoms with E-state index in [1.807, 2.05) is 0 Å². The van der Waals surface area contributed by atoms with Gasteiger partial charge in [0.05, 0.1) is 12.0 Å². The Kier molecular flexibility index (Phi) is 8.49. The van der Waals surface area contributed by atoms with E-state index < -0.39 is 31.8 Å². The monoisotopic (exact) mass is 463 g/mol. The molecule has 0 unspecified atom stereocenters. The molecule has 8 nitrogen and oxygen atoms in total. The lowest BCUT2D eigenvalue weighted by Gasteiger charge is -2.22. The summed E-state index contributed by atoms with van der Waals surface area (Å²) >= 11 is 3.33. The Bertz CT molecular complexity index is 652. The van der Waals surface area contributed by atoms with Gasteiger partial charge in [-0.3, -0.25) is 0 Å². The molecule has 1 rings (SSSR count). The fourth-order valence-corrected chi connectivity index (χ4v) is 3.32. The van der Waals surface area contributed by atoms with Gasteiger partial charge in [-0.05, 0) is 42.7 Å². The molecular weight excluding hydrogens is 434 g/mol. The summed E-state index contributed by atoms with van der Waals surface area (Å²) in [4.78, 5) is 27.7. The van der Waals surface area contributed by atoms with E-state index in [2.05, 4.69) is 45.9 Å². The van der Waals surface area contributed by atoms with Crippen molar-refractivity contribution in [1.82, 2.24) is 14.9 Å². The molecule has 1 aromatic rings. The lowest BCUT2D eigenvalue weighted by atomic mass is 10.1. The molecule has 10 heteroatoms. The number of hydrogen-bond donors (Lipinski definition) is 2. The number of carboxylic acid groups (broad SMARTS) is 1. The van der Waals surface area contributed by atoms with E-state index in [4.69, 9.17) is 9.47 Å². The first-order valence-electron chi connectivity index (χ1n) is 8.78. The Hall–Kier alpha value is -1.39. The van der Waals surface area contributed by atoms with E-state index in [1.54, 1.807) is 31.7 Å². The highest BCUT2D eigenvalue weighted by Gasteiger charge is 2.26. The molecule has 27 heavy (non-hydrogen) atoms. The van der Waals surface area contributed by atoms with E-state index in [1.165, 1.54) is 0 Å². The molecular formula is C17H30BrN3O5Si. The summed E-state index contributed by atoms with van der Waals surface area (Å²) < 4.78 is 13.1. The lowest BCUT2D eigenvalue weighted by molar-refractivity contribution is -0.139. The van der Waals surface area contributed by atoms with Crippen LogP contribution in [0.25, 0.3) is 0 Å². The minimum atomic E-state index is -1.18. The normalized spacial score (nSPS) is 13.3. The summed E-state index contributed by atoms with van der Waals surface area (Å²) in [6.45, 7) is 12.9. The summed E-state index contributed by atoms with van der Waals surface area (Å²) in [6.07, 6.45) is 0.857. The number of imidazole rings is 1. The molecule has 1 heterocycles. The number of rotatable bonds is 9. The lowest BCUT2D eigenvalue weighted by Crippen LogP contribution is -2.45. The molecule has 0 radical (unpaired) electrons. The van der Waals surface area contributed by atoms with Crippen molar-refractivity contribution >= 4 is 36.1 Å². The van der Waals surface area contributed by atoms with Gasteiger partial charge in [0.1, 0.15) is 23.0 Å². The van der Waals surface area contributed by atoms with Gasteiger partial charge in [-0.1, -0.05) is 19.6 Å². The van der Waals surface area contributed by atoms with E-state index in [0.717, 1.165) is 6.04 Å². The quantitative estimate of drug-likeness (QED) is 0.429. The van der Waals surface area contributed by atoms with Crippen LogP contribution in [-0.2, 0) is 27.4 Å². The van der Waals surface area contributed by atoms with Gasteiger partial charge in [-0.15, -0.1) is 0 Å². The molecule has 1 atom stereocenters. The van der Waals surface area contributed by atoms with Crippen LogP contribution in [0.2, 0.25) is 25.7 Å². The predicted octanol–water partition coefficient (Wildman–Crippen LogP) is 3.48. The fraction of sp³-hybridized carbons (Fsp3) is 0.706. The van der Waals surface area contributed by atoms with Crippen LogP contribution in [0.5, 0.6) is 0 Å². The van der Waals surface area contributed by atoms with Gasteiger partial charge in [0, 0.05) is 21.1 Å². The van der Waals surface area contributed by atoms with Crippen LogP contribution in [0.15, 0.2) is 10.9 Å². The van der Waals surface area contributed by atoms with Crippen LogP contribution < -0.4 is 5.32 Å². The molecule has 0 spiro atoms. The van der Waals surface area contributed by atoms with Crippen LogP contribution in [-0.4, -0.2) is 53.0 Å². The zero-order chi connectivity index (χ0) is 20.8. The second-order valence-corrected chi connectivity index (χ2v) is 14.9. The second kappa shape index (κ2) is 9.70. The largest absolute Gasteiger partial charge is 0.480 e. The van der Waals surface area contributed by atoms with Gasteiger partial charge in [0.15, 0.2) is 0 Å². The van der Waals surface area contributed by atoms with Crippen molar-refractivity contribution in [2.45, 2.75) is 71.3 Å². The molecule has 154 valence electrons. The van der Waals surface area contributed by atoms with Crippen LogP contribution in [0.1, 0.15) is 26.5 Å². The molecule has 0 bridgehead atoms. The molecule has 1 aromatic heterocycles. The minimum Gasteiger partial charge on any atom is -0.480 e. The van der Waals surface area contributed by atoms with Crippen molar-refractivity contribution in [3.63, 3.8) is 0 Å². The standard InChI is InChI=1S/C17H30BrN3O5Si/c1-17(2,3)26-16(24)20-12(15(22)23)9-13-14(18)19-10-21(13)11-25-7-8-27(4,5)6/h10,12H,7-9,11H2,1-6H3,(H,20,24)(H,22,23)/t12-/m0/s1.